The van der Waals surface area contributed by atoms with E-state index < -0.39 is 5.41 Å². The molecule has 146 valence electrons. The van der Waals surface area contributed by atoms with Gasteiger partial charge in [0, 0.05) is 37.0 Å². The van der Waals surface area contributed by atoms with E-state index >= 15 is 0 Å². The van der Waals surface area contributed by atoms with Crippen molar-refractivity contribution in [1.82, 2.24) is 14.9 Å². The molecule has 1 N–H and O–H groups in total. The fourth-order valence-electron chi connectivity index (χ4n) is 2.44. The van der Waals surface area contributed by atoms with Crippen LogP contribution in [0.5, 0.6) is 0 Å². The monoisotopic (exact) mass is 386 g/mol. The first kappa shape index (κ1) is 21.4. The van der Waals surface area contributed by atoms with E-state index in [-0.39, 0.29) is 5.91 Å². The van der Waals surface area contributed by atoms with Gasteiger partial charge in [0.25, 0.3) is 0 Å². The van der Waals surface area contributed by atoms with E-state index in [0.717, 1.165) is 42.5 Å². The molecule has 27 heavy (non-hydrogen) atoms. The van der Waals surface area contributed by atoms with Crippen LogP contribution in [0.25, 0.3) is 0 Å². The number of rotatable bonds is 9. The molecule has 1 amide bonds. The molecule has 2 rings (SSSR count). The molecule has 0 radical (unpaired) electrons. The largest absolute Gasteiger partial charge is 0.310 e. The van der Waals surface area contributed by atoms with Crippen molar-refractivity contribution in [2.45, 2.75) is 40.8 Å². The summed E-state index contributed by atoms with van der Waals surface area (Å²) < 4.78 is 0. The summed E-state index contributed by atoms with van der Waals surface area (Å²) in [5.41, 5.74) is 1.55. The lowest BCUT2D eigenvalue weighted by Crippen LogP contribution is -2.29. The molecule has 2 heterocycles. The number of aromatic nitrogens is 2. The van der Waals surface area contributed by atoms with Gasteiger partial charge in [-0.15, -0.1) is 0 Å². The minimum absolute atomic E-state index is 0.0307. The van der Waals surface area contributed by atoms with Gasteiger partial charge < -0.3 is 5.32 Å². The van der Waals surface area contributed by atoms with Gasteiger partial charge in [-0.3, -0.25) is 14.7 Å². The molecule has 0 spiro atoms. The van der Waals surface area contributed by atoms with Crippen molar-refractivity contribution in [1.29, 1.82) is 0 Å². The smallest absolute Gasteiger partial charge is 0.230 e. The van der Waals surface area contributed by atoms with Crippen LogP contribution in [0.15, 0.2) is 42.6 Å². The number of anilines is 1. The van der Waals surface area contributed by atoms with E-state index in [0.29, 0.717) is 5.82 Å². The van der Waals surface area contributed by atoms with E-state index in [1.807, 2.05) is 75.1 Å². The molecule has 0 aromatic carbocycles. The van der Waals surface area contributed by atoms with Gasteiger partial charge >= 0.3 is 0 Å². The van der Waals surface area contributed by atoms with Crippen molar-refractivity contribution in [2.75, 3.05) is 23.4 Å². The lowest BCUT2D eigenvalue weighted by Gasteiger charge is -2.22. The van der Waals surface area contributed by atoms with Gasteiger partial charge in [0.05, 0.1) is 11.4 Å². The molecule has 5 nitrogen and oxygen atoms in total. The highest BCUT2D eigenvalue weighted by molar-refractivity contribution is 7.99. The number of pyridine rings is 2. The van der Waals surface area contributed by atoms with Gasteiger partial charge in [0.15, 0.2) is 0 Å². The van der Waals surface area contributed by atoms with Crippen molar-refractivity contribution in [3.05, 3.63) is 54.0 Å². The highest BCUT2D eigenvalue weighted by Crippen LogP contribution is 2.17. The number of nitrogens with one attached hydrogen (secondary N) is 1. The molecule has 0 atom stereocenters. The predicted molar refractivity (Wildman–Crippen MR) is 114 cm³/mol. The van der Waals surface area contributed by atoms with Crippen LogP contribution in [-0.4, -0.2) is 38.8 Å². The topological polar surface area (TPSA) is 58.1 Å². The van der Waals surface area contributed by atoms with E-state index in [2.05, 4.69) is 27.1 Å². The van der Waals surface area contributed by atoms with E-state index in [1.165, 1.54) is 0 Å². The van der Waals surface area contributed by atoms with Crippen LogP contribution in [0.4, 0.5) is 5.82 Å². The molecule has 2 aromatic rings. The van der Waals surface area contributed by atoms with Crippen LogP contribution < -0.4 is 5.32 Å². The fraction of sp³-hybridized carbons (Fsp3) is 0.476. The molecule has 0 bridgehead atoms. The summed E-state index contributed by atoms with van der Waals surface area (Å²) >= 11 is 1.93. The minimum Gasteiger partial charge on any atom is -0.310 e. The van der Waals surface area contributed by atoms with Crippen molar-refractivity contribution >= 4 is 23.5 Å². The molecule has 0 fully saturated rings. The number of nitrogens with zero attached hydrogens (tertiary/aromatic N) is 3. The normalized spacial score (nSPS) is 11.6. The zero-order valence-corrected chi connectivity index (χ0v) is 17.6. The molecule has 0 aliphatic heterocycles. The molecular formula is C21H30N4OS. The first-order valence-electron chi connectivity index (χ1n) is 9.36. The lowest BCUT2D eigenvalue weighted by atomic mass is 9.96. The molecule has 0 aliphatic carbocycles. The maximum atomic E-state index is 12.2. The van der Waals surface area contributed by atoms with Gasteiger partial charge in [-0.05, 0) is 30.0 Å². The van der Waals surface area contributed by atoms with Crippen LogP contribution in [0.2, 0.25) is 0 Å². The van der Waals surface area contributed by atoms with Crippen LogP contribution >= 0.6 is 11.8 Å². The summed E-state index contributed by atoms with van der Waals surface area (Å²) in [6.07, 6.45) is 1.83. The van der Waals surface area contributed by atoms with E-state index in [9.17, 15) is 4.79 Å². The molecular weight excluding hydrogens is 356 g/mol. The second kappa shape index (κ2) is 10.4. The number of hydrogen-bond donors (Lipinski definition) is 1. The van der Waals surface area contributed by atoms with Crippen LogP contribution in [0.1, 0.15) is 39.1 Å². The third-order valence-electron chi connectivity index (χ3n) is 3.98. The molecule has 0 saturated carbocycles. The van der Waals surface area contributed by atoms with Crippen molar-refractivity contribution in [3.8, 4) is 0 Å². The zero-order valence-electron chi connectivity index (χ0n) is 16.7. The van der Waals surface area contributed by atoms with E-state index in [1.54, 1.807) is 0 Å². The van der Waals surface area contributed by atoms with Crippen molar-refractivity contribution < 1.29 is 4.79 Å². The summed E-state index contributed by atoms with van der Waals surface area (Å²) in [6.45, 7) is 10.3. The quantitative estimate of drug-likeness (QED) is 0.654. The van der Waals surface area contributed by atoms with Crippen LogP contribution in [-0.2, 0) is 17.9 Å². The Morgan fingerprint density at radius 2 is 1.85 bits per heavy atom. The highest BCUT2D eigenvalue weighted by Gasteiger charge is 2.21. The number of carbonyl (C=O) groups excluding carboxylic acids is 1. The van der Waals surface area contributed by atoms with Crippen molar-refractivity contribution in [2.24, 2.45) is 5.41 Å². The van der Waals surface area contributed by atoms with Gasteiger partial charge in [0.1, 0.15) is 5.82 Å². The molecule has 0 saturated heterocycles. The molecule has 0 unspecified atom stereocenters. The molecule has 2 aromatic heterocycles. The fourth-order valence-corrected chi connectivity index (χ4v) is 3.12. The lowest BCUT2D eigenvalue weighted by molar-refractivity contribution is -0.123. The Labute approximate surface area is 167 Å². The van der Waals surface area contributed by atoms with E-state index in [4.69, 9.17) is 0 Å². The average Bonchev–Trinajstić information content (AvgIpc) is 2.62. The van der Waals surface area contributed by atoms with Gasteiger partial charge in [0.2, 0.25) is 5.91 Å². The highest BCUT2D eigenvalue weighted by atomic mass is 32.2. The van der Waals surface area contributed by atoms with Crippen LogP contribution in [0.3, 0.4) is 0 Å². The zero-order chi connectivity index (χ0) is 19.7. The van der Waals surface area contributed by atoms with Gasteiger partial charge in [-0.2, -0.15) is 11.8 Å². The first-order valence-corrected chi connectivity index (χ1v) is 10.5. The Morgan fingerprint density at radius 3 is 2.52 bits per heavy atom. The van der Waals surface area contributed by atoms with Gasteiger partial charge in [-0.1, -0.05) is 39.8 Å². The number of hydrogen-bond acceptors (Lipinski definition) is 5. The standard InChI is InChI=1S/C21H30N4OS/c1-5-27-14-13-25(15-17-9-6-7-12-22-17)16-18-10-8-11-19(23-18)24-20(26)21(2,3)4/h6-12H,5,13-16H2,1-4H3,(H,23,24,26). The summed E-state index contributed by atoms with van der Waals surface area (Å²) in [4.78, 5) is 23.6. The Bertz CT molecular complexity index is 716. The summed E-state index contributed by atoms with van der Waals surface area (Å²) in [5, 5.41) is 2.91. The minimum atomic E-state index is -0.444. The second-order valence-electron chi connectivity index (χ2n) is 7.45. The number of amides is 1. The Balaban J connectivity index is 2.06. The molecule has 6 heteroatoms. The van der Waals surface area contributed by atoms with Crippen LogP contribution in [0, 0.1) is 5.41 Å². The predicted octanol–water partition coefficient (Wildman–Crippen LogP) is 4.22. The average molecular weight is 387 g/mol. The second-order valence-corrected chi connectivity index (χ2v) is 8.84. The first-order chi connectivity index (χ1) is 12.9. The maximum absolute atomic E-state index is 12.2. The summed E-state index contributed by atoms with van der Waals surface area (Å²) in [5.74, 6) is 2.76. The third-order valence-corrected chi connectivity index (χ3v) is 4.86. The van der Waals surface area contributed by atoms with Crippen molar-refractivity contribution in [3.63, 3.8) is 0 Å². The maximum Gasteiger partial charge on any atom is 0.230 e. The third kappa shape index (κ3) is 7.69. The number of thioether (sulfide) groups is 1. The number of carbonyl (C=O) groups is 1. The van der Waals surface area contributed by atoms with Gasteiger partial charge in [-0.25, -0.2) is 4.98 Å². The summed E-state index contributed by atoms with van der Waals surface area (Å²) in [7, 11) is 0. The Hall–Kier alpha value is -1.92. The Kier molecular flexibility index (Phi) is 8.25. The molecule has 0 aliphatic rings. The summed E-state index contributed by atoms with van der Waals surface area (Å²) in [6, 6.07) is 11.8. The SMILES string of the molecule is CCSCCN(Cc1ccccn1)Cc1cccc(NC(=O)C(C)(C)C)n1. The Morgan fingerprint density at radius 1 is 1.11 bits per heavy atom.